The molecule has 2 aromatic carbocycles. The minimum Gasteiger partial charge on any atom is -0.257 e. The molecule has 0 aliphatic carbocycles. The van der Waals surface area contributed by atoms with Crippen molar-refractivity contribution in [3.8, 4) is 6.07 Å². The quantitative estimate of drug-likeness (QED) is 0.317. The van der Waals surface area contributed by atoms with Gasteiger partial charge < -0.3 is 0 Å². The number of nitriles is 1. The van der Waals surface area contributed by atoms with E-state index in [0.29, 0.717) is 12.0 Å². The van der Waals surface area contributed by atoms with Crippen molar-refractivity contribution in [3.63, 3.8) is 0 Å². The molecule has 174 valence electrons. The number of aliphatic imine (C=N–C) groups is 1. The molecule has 0 unspecified atom stereocenters. The first-order valence-electron chi connectivity index (χ1n) is 10.8. The molecule has 0 fully saturated rings. The van der Waals surface area contributed by atoms with Gasteiger partial charge in [-0.25, -0.2) is 0 Å². The Morgan fingerprint density at radius 2 is 1.59 bits per heavy atom. The van der Waals surface area contributed by atoms with E-state index in [-0.39, 0.29) is 11.8 Å². The van der Waals surface area contributed by atoms with Crippen molar-refractivity contribution >= 4 is 23.2 Å². The summed E-state index contributed by atoms with van der Waals surface area (Å²) in [6.07, 6.45) is -2.77. The van der Waals surface area contributed by atoms with Crippen LogP contribution in [0.15, 0.2) is 57.2 Å². The van der Waals surface area contributed by atoms with Crippen LogP contribution in [0.25, 0.3) is 0 Å². The van der Waals surface area contributed by atoms with E-state index in [1.54, 1.807) is 11.8 Å². The summed E-state index contributed by atoms with van der Waals surface area (Å²) in [6, 6.07) is 16.2. The third kappa shape index (κ3) is 10.9. The van der Waals surface area contributed by atoms with Crippen LogP contribution in [0.3, 0.4) is 0 Å². The van der Waals surface area contributed by atoms with E-state index in [9.17, 15) is 13.2 Å². The van der Waals surface area contributed by atoms with Gasteiger partial charge in [0, 0.05) is 21.9 Å². The molecule has 2 rings (SSSR count). The van der Waals surface area contributed by atoms with Crippen LogP contribution >= 0.6 is 11.8 Å². The standard InChI is InChI=1S/C20H22N2S.C6H11F3/c1-14-6-9-18(12-19(14)22-15(2)20(3,4)5)23-17-10-7-16(13-21)8-11-17;1-2-3-4-5-6(7,8)9/h6-12H,1-5H3;2-5H2,1H3. The van der Waals surface area contributed by atoms with Gasteiger partial charge in [0.25, 0.3) is 0 Å². The van der Waals surface area contributed by atoms with Crippen LogP contribution in [0.4, 0.5) is 18.9 Å². The smallest absolute Gasteiger partial charge is 0.257 e. The van der Waals surface area contributed by atoms with E-state index >= 15 is 0 Å². The zero-order valence-electron chi connectivity index (χ0n) is 19.8. The van der Waals surface area contributed by atoms with Gasteiger partial charge >= 0.3 is 6.18 Å². The van der Waals surface area contributed by atoms with Gasteiger partial charge in [-0.15, -0.1) is 0 Å². The van der Waals surface area contributed by atoms with Crippen molar-refractivity contribution in [2.75, 3.05) is 0 Å². The molecular formula is C26H33F3N2S. The van der Waals surface area contributed by atoms with E-state index in [4.69, 9.17) is 10.3 Å². The van der Waals surface area contributed by atoms with Crippen LogP contribution in [0.1, 0.15) is 71.4 Å². The Morgan fingerprint density at radius 3 is 2.09 bits per heavy atom. The van der Waals surface area contributed by atoms with Crippen molar-refractivity contribution in [1.82, 2.24) is 0 Å². The maximum Gasteiger partial charge on any atom is 0.389 e. The summed E-state index contributed by atoms with van der Waals surface area (Å²) >= 11 is 1.69. The molecule has 0 N–H and O–H groups in total. The fraction of sp³-hybridized carbons (Fsp3) is 0.462. The van der Waals surface area contributed by atoms with E-state index < -0.39 is 12.6 Å². The molecule has 0 saturated carbocycles. The second kappa shape index (κ2) is 12.7. The molecular weight excluding hydrogens is 429 g/mol. The fourth-order valence-corrected chi connectivity index (χ4v) is 3.28. The Balaban J connectivity index is 0.000000482. The Kier molecular flexibility index (Phi) is 11.0. The number of aryl methyl sites for hydroxylation is 1. The van der Waals surface area contributed by atoms with Gasteiger partial charge in [-0.2, -0.15) is 18.4 Å². The average molecular weight is 463 g/mol. The molecule has 2 nitrogen and oxygen atoms in total. The highest BCUT2D eigenvalue weighted by Gasteiger charge is 2.25. The van der Waals surface area contributed by atoms with E-state index in [1.165, 1.54) is 5.56 Å². The maximum atomic E-state index is 11.4. The summed E-state index contributed by atoms with van der Waals surface area (Å²) in [7, 11) is 0. The van der Waals surface area contributed by atoms with E-state index in [1.807, 2.05) is 31.2 Å². The number of halogens is 3. The molecule has 2 aromatic rings. The van der Waals surface area contributed by atoms with Gasteiger partial charge in [0.15, 0.2) is 0 Å². The van der Waals surface area contributed by atoms with Gasteiger partial charge in [-0.05, 0) is 67.6 Å². The van der Waals surface area contributed by atoms with Gasteiger partial charge in [-0.3, -0.25) is 4.99 Å². The Bertz CT molecular complexity index is 918. The summed E-state index contributed by atoms with van der Waals surface area (Å²) in [5.41, 5.74) is 4.09. The highest BCUT2D eigenvalue weighted by Crippen LogP contribution is 2.33. The predicted molar refractivity (Wildman–Crippen MR) is 129 cm³/mol. The fourth-order valence-electron chi connectivity index (χ4n) is 2.43. The number of rotatable bonds is 6. The van der Waals surface area contributed by atoms with Crippen molar-refractivity contribution in [2.45, 2.75) is 83.2 Å². The minimum atomic E-state index is -3.95. The van der Waals surface area contributed by atoms with Crippen LogP contribution in [0, 0.1) is 23.7 Å². The number of benzene rings is 2. The topological polar surface area (TPSA) is 36.1 Å². The lowest BCUT2D eigenvalue weighted by atomic mass is 9.91. The van der Waals surface area contributed by atoms with Gasteiger partial charge in [0.2, 0.25) is 0 Å². The Morgan fingerprint density at radius 1 is 1.00 bits per heavy atom. The molecule has 0 radical (unpaired) electrons. The first-order chi connectivity index (χ1) is 14.9. The zero-order chi connectivity index (χ0) is 24.4. The molecule has 0 bridgehead atoms. The monoisotopic (exact) mass is 462 g/mol. The summed E-state index contributed by atoms with van der Waals surface area (Å²) < 4.78 is 34.1. The van der Waals surface area contributed by atoms with E-state index in [2.05, 4.69) is 58.9 Å². The van der Waals surface area contributed by atoms with Crippen LogP contribution in [-0.2, 0) is 0 Å². The van der Waals surface area contributed by atoms with E-state index in [0.717, 1.165) is 27.6 Å². The molecule has 0 saturated heterocycles. The van der Waals surface area contributed by atoms with Crippen LogP contribution in [-0.4, -0.2) is 11.9 Å². The molecule has 0 amide bonds. The number of hydrogen-bond acceptors (Lipinski definition) is 3. The Hall–Kier alpha value is -2.26. The highest BCUT2D eigenvalue weighted by molar-refractivity contribution is 7.99. The lowest BCUT2D eigenvalue weighted by molar-refractivity contribution is -0.135. The molecule has 0 heterocycles. The minimum absolute atomic E-state index is 0.0721. The van der Waals surface area contributed by atoms with Crippen LogP contribution in [0.2, 0.25) is 0 Å². The summed E-state index contributed by atoms with van der Waals surface area (Å²) in [5.74, 6) is 0. The van der Waals surface area contributed by atoms with Gasteiger partial charge in [0.1, 0.15) is 0 Å². The number of unbranched alkanes of at least 4 members (excludes halogenated alkanes) is 2. The van der Waals surface area contributed by atoms with Crippen LogP contribution < -0.4 is 0 Å². The van der Waals surface area contributed by atoms with Crippen LogP contribution in [0.5, 0.6) is 0 Å². The zero-order valence-corrected chi connectivity index (χ0v) is 20.6. The number of nitrogens with zero attached hydrogens (tertiary/aromatic N) is 2. The molecule has 6 heteroatoms. The maximum absolute atomic E-state index is 11.4. The molecule has 0 aromatic heterocycles. The summed E-state index contributed by atoms with van der Waals surface area (Å²) in [5, 5.41) is 8.86. The van der Waals surface area contributed by atoms with Crippen molar-refractivity contribution in [1.29, 1.82) is 5.26 Å². The summed E-state index contributed by atoms with van der Waals surface area (Å²) in [6.45, 7) is 12.6. The molecule has 0 atom stereocenters. The average Bonchev–Trinajstić information content (AvgIpc) is 2.70. The highest BCUT2D eigenvalue weighted by atomic mass is 32.2. The van der Waals surface area contributed by atoms with Gasteiger partial charge in [0.05, 0.1) is 17.3 Å². The molecule has 0 aliphatic rings. The molecule has 32 heavy (non-hydrogen) atoms. The van der Waals surface area contributed by atoms with Crippen molar-refractivity contribution in [2.24, 2.45) is 10.4 Å². The third-order valence-corrected chi connectivity index (χ3v) is 5.83. The number of hydrogen-bond donors (Lipinski definition) is 0. The first kappa shape index (κ1) is 27.8. The first-order valence-corrected chi connectivity index (χ1v) is 11.6. The second-order valence-electron chi connectivity index (χ2n) is 8.71. The lowest BCUT2D eigenvalue weighted by Gasteiger charge is -2.18. The normalized spacial score (nSPS) is 12.1. The summed E-state index contributed by atoms with van der Waals surface area (Å²) in [4.78, 5) is 7.09. The molecule has 0 aliphatic heterocycles. The predicted octanol–water partition coefficient (Wildman–Crippen LogP) is 9.29. The van der Waals surface area contributed by atoms with Gasteiger partial charge in [-0.1, -0.05) is 58.4 Å². The second-order valence-corrected chi connectivity index (χ2v) is 9.85. The SMILES string of the molecule is CC(=Nc1cc(Sc2ccc(C#N)cc2)ccc1C)C(C)(C)C.CCCCCC(F)(F)F. The molecule has 0 spiro atoms. The van der Waals surface area contributed by atoms with Crippen molar-refractivity contribution < 1.29 is 13.2 Å². The lowest BCUT2D eigenvalue weighted by Crippen LogP contribution is -2.16. The number of alkyl halides is 3. The Labute approximate surface area is 195 Å². The van der Waals surface area contributed by atoms with Crippen molar-refractivity contribution in [3.05, 3.63) is 53.6 Å². The largest absolute Gasteiger partial charge is 0.389 e. The third-order valence-electron chi connectivity index (χ3n) is 4.84.